The van der Waals surface area contributed by atoms with E-state index in [4.69, 9.17) is 13.9 Å². The van der Waals surface area contributed by atoms with Gasteiger partial charge in [-0.3, -0.25) is 5.32 Å². The summed E-state index contributed by atoms with van der Waals surface area (Å²) in [5, 5.41) is 24.8. The molecule has 10 nitrogen and oxygen atoms in total. The lowest BCUT2D eigenvalue weighted by Crippen LogP contribution is -2.40. The molecule has 0 aliphatic carbocycles. The molecule has 3 aromatic rings. The molecule has 0 radical (unpaired) electrons. The van der Waals surface area contributed by atoms with Gasteiger partial charge in [0.2, 0.25) is 0 Å². The minimum absolute atomic E-state index is 0.0323. The van der Waals surface area contributed by atoms with E-state index in [1.165, 1.54) is 12.8 Å². The number of nitrogens with one attached hydrogen (secondary N) is 1. The number of aromatic hydroxyl groups is 1. The van der Waals surface area contributed by atoms with Crippen LogP contribution in [0.5, 0.6) is 5.75 Å². The number of aliphatic hydroxyl groups excluding tert-OH is 1. The highest BCUT2D eigenvalue weighted by atomic mass is 28.4. The quantitative estimate of drug-likeness (QED) is 0.0808. The lowest BCUT2D eigenvalue weighted by atomic mass is 10.0. The Bertz CT molecular complexity index is 1720. The van der Waals surface area contributed by atoms with E-state index in [-0.39, 0.29) is 30.0 Å². The molecule has 1 aliphatic heterocycles. The molecule has 3 N–H and O–H groups in total. The van der Waals surface area contributed by atoms with E-state index < -0.39 is 32.2 Å². The van der Waals surface area contributed by atoms with Gasteiger partial charge in [-0.2, -0.15) is 0 Å². The third-order valence-electron chi connectivity index (χ3n) is 11.4. The molecule has 58 heavy (non-hydrogen) atoms. The Morgan fingerprint density at radius 2 is 1.48 bits per heavy atom. The van der Waals surface area contributed by atoms with Crippen molar-refractivity contribution in [3.63, 3.8) is 0 Å². The maximum absolute atomic E-state index is 13.2. The van der Waals surface area contributed by atoms with Gasteiger partial charge in [0.25, 0.3) is 0 Å². The first-order chi connectivity index (χ1) is 27.4. The largest absolute Gasteiger partial charge is 0.508 e. The predicted octanol–water partition coefficient (Wildman–Crippen LogP) is 11.3. The molecule has 0 saturated carbocycles. The van der Waals surface area contributed by atoms with E-state index in [0.29, 0.717) is 17.7 Å². The monoisotopic (exact) mass is 818 g/mol. The van der Waals surface area contributed by atoms with E-state index in [1.54, 1.807) is 23.1 Å². The van der Waals surface area contributed by atoms with Gasteiger partial charge >= 0.3 is 12.2 Å². The standard InChI is InChI=1S/C47H71N3O7Si/c1-46(2,3)57-45(54)50(34-43(52)37-25-26-42(51)38(33-37)35-55-58(7,8)47(4,5)6)30-20-13-11-9-10-12-19-29-49-31-27-39(28-32-49)56-44(53)48-41-24-18-17-23-40(41)36-21-15-14-16-22-36/h14-18,21-26,33,39,43,51-52H,9-13,19-20,27-32,34-35H2,1-8H3,(H,48,53)/t43-/m0/s1. The fourth-order valence-corrected chi connectivity index (χ4v) is 7.78. The molecule has 1 saturated heterocycles. The van der Waals surface area contributed by atoms with Gasteiger partial charge in [-0.25, -0.2) is 9.59 Å². The number of phenols is 1. The number of anilines is 1. The number of rotatable bonds is 19. The van der Waals surface area contributed by atoms with E-state index >= 15 is 0 Å². The van der Waals surface area contributed by atoms with Crippen molar-refractivity contribution in [1.29, 1.82) is 0 Å². The number of carbonyl (C=O) groups excluding carboxylic acids is 2. The number of amides is 2. The third kappa shape index (κ3) is 15.4. The van der Waals surface area contributed by atoms with Gasteiger partial charge in [0.05, 0.1) is 24.9 Å². The van der Waals surface area contributed by atoms with Crippen LogP contribution in [0.15, 0.2) is 72.8 Å². The van der Waals surface area contributed by atoms with Crippen LogP contribution in [0.4, 0.5) is 15.3 Å². The summed E-state index contributed by atoms with van der Waals surface area (Å²) in [6.45, 7) is 20.2. The molecule has 1 heterocycles. The highest BCUT2D eigenvalue weighted by Crippen LogP contribution is 2.38. The number of ether oxygens (including phenoxy) is 2. The van der Waals surface area contributed by atoms with E-state index in [2.05, 4.69) is 44.1 Å². The Morgan fingerprint density at radius 1 is 0.862 bits per heavy atom. The SMILES string of the molecule is CC(C)(C)OC(=O)N(CCCCCCCCCN1CCC(OC(=O)Nc2ccccc2-c2ccccc2)CC1)C[C@H](O)c1ccc(O)c(CO[Si](C)(C)C(C)(C)C)c1. The molecule has 2 amide bonds. The minimum atomic E-state index is -2.04. The average molecular weight is 818 g/mol. The van der Waals surface area contributed by atoms with Crippen molar-refractivity contribution in [2.75, 3.05) is 38.0 Å². The van der Waals surface area contributed by atoms with Crippen molar-refractivity contribution < 1.29 is 33.7 Å². The number of hydrogen-bond donors (Lipinski definition) is 3. The third-order valence-corrected chi connectivity index (χ3v) is 15.9. The molecule has 0 bridgehead atoms. The van der Waals surface area contributed by atoms with Crippen LogP contribution in [0.2, 0.25) is 18.1 Å². The lowest BCUT2D eigenvalue weighted by Gasteiger charge is -2.36. The Balaban J connectivity index is 1.12. The summed E-state index contributed by atoms with van der Waals surface area (Å²) in [6, 6.07) is 22.9. The zero-order chi connectivity index (χ0) is 42.3. The van der Waals surface area contributed by atoms with Crippen LogP contribution in [0.1, 0.15) is 117 Å². The summed E-state index contributed by atoms with van der Waals surface area (Å²) in [6.07, 6.45) is 7.35. The number of nitrogens with zero attached hydrogens (tertiary/aromatic N) is 2. The van der Waals surface area contributed by atoms with Crippen molar-refractivity contribution in [2.45, 2.75) is 142 Å². The van der Waals surface area contributed by atoms with E-state index in [9.17, 15) is 19.8 Å². The average Bonchev–Trinajstić information content (AvgIpc) is 3.16. The number of carbonyl (C=O) groups is 2. The summed E-state index contributed by atoms with van der Waals surface area (Å²) in [5.74, 6) is 0.133. The highest BCUT2D eigenvalue weighted by molar-refractivity contribution is 6.74. The van der Waals surface area contributed by atoms with Gasteiger partial charge < -0.3 is 33.9 Å². The summed E-state index contributed by atoms with van der Waals surface area (Å²) in [4.78, 5) is 30.1. The van der Waals surface area contributed by atoms with Crippen molar-refractivity contribution >= 4 is 26.2 Å². The molecule has 0 unspecified atom stereocenters. The number of piperidine rings is 1. The number of phenolic OH excluding ortho intramolecular Hbond substituents is 1. The van der Waals surface area contributed by atoms with Crippen LogP contribution in [-0.4, -0.2) is 84.9 Å². The maximum atomic E-state index is 13.2. The number of unbranched alkanes of at least 4 members (excludes halogenated alkanes) is 6. The number of likely N-dealkylation sites (tertiary alicyclic amines) is 1. The summed E-state index contributed by atoms with van der Waals surface area (Å²) in [7, 11) is -2.04. The number of aliphatic hydroxyl groups is 1. The number of para-hydroxylation sites is 1. The fourth-order valence-electron chi connectivity index (χ4n) is 6.83. The van der Waals surface area contributed by atoms with Gasteiger partial charge in [0, 0.05) is 30.8 Å². The first kappa shape index (κ1) is 46.8. The zero-order valence-corrected chi connectivity index (χ0v) is 37.5. The van der Waals surface area contributed by atoms with Gasteiger partial charge in [0.1, 0.15) is 17.5 Å². The first-order valence-electron chi connectivity index (χ1n) is 21.4. The van der Waals surface area contributed by atoms with E-state index in [0.717, 1.165) is 81.4 Å². The van der Waals surface area contributed by atoms with Crippen LogP contribution in [-0.2, 0) is 20.5 Å². The van der Waals surface area contributed by atoms with Gasteiger partial charge in [0.15, 0.2) is 8.32 Å². The van der Waals surface area contributed by atoms with Crippen molar-refractivity contribution in [3.8, 4) is 16.9 Å². The zero-order valence-electron chi connectivity index (χ0n) is 36.5. The summed E-state index contributed by atoms with van der Waals surface area (Å²) in [5.41, 5.74) is 3.37. The molecule has 320 valence electrons. The number of hydrogen-bond acceptors (Lipinski definition) is 8. The van der Waals surface area contributed by atoms with Crippen molar-refractivity contribution in [1.82, 2.24) is 9.80 Å². The second-order valence-corrected chi connectivity index (χ2v) is 23.1. The lowest BCUT2D eigenvalue weighted by molar-refractivity contribution is 0.0140. The molecule has 11 heteroatoms. The van der Waals surface area contributed by atoms with Crippen molar-refractivity contribution in [3.05, 3.63) is 83.9 Å². The van der Waals surface area contributed by atoms with Gasteiger partial charge in [-0.15, -0.1) is 0 Å². The molecule has 0 aromatic heterocycles. The van der Waals surface area contributed by atoms with Crippen LogP contribution in [0.25, 0.3) is 11.1 Å². The number of benzene rings is 3. The minimum Gasteiger partial charge on any atom is -0.508 e. The summed E-state index contributed by atoms with van der Waals surface area (Å²) >= 11 is 0. The predicted molar refractivity (Wildman–Crippen MR) is 237 cm³/mol. The Kier molecular flexibility index (Phi) is 17.7. The summed E-state index contributed by atoms with van der Waals surface area (Å²) < 4.78 is 17.9. The molecule has 4 rings (SSSR count). The smallest absolute Gasteiger partial charge is 0.411 e. The highest BCUT2D eigenvalue weighted by Gasteiger charge is 2.37. The molecule has 0 spiro atoms. The van der Waals surface area contributed by atoms with Crippen LogP contribution in [0, 0.1) is 0 Å². The van der Waals surface area contributed by atoms with Gasteiger partial charge in [-0.05, 0) is 100 Å². The molecule has 1 aliphatic rings. The molecule has 1 fully saturated rings. The molecule has 1 atom stereocenters. The van der Waals surface area contributed by atoms with Crippen LogP contribution < -0.4 is 5.32 Å². The Hall–Kier alpha value is -3.90. The first-order valence-corrected chi connectivity index (χ1v) is 24.3. The van der Waals surface area contributed by atoms with Crippen LogP contribution in [0.3, 0.4) is 0 Å². The molecular formula is C47H71N3O7Si. The normalized spacial score (nSPS) is 14.8. The fraction of sp³-hybridized carbons (Fsp3) is 0.574. The molecular weight excluding hydrogens is 747 g/mol. The Morgan fingerprint density at radius 3 is 2.14 bits per heavy atom. The second-order valence-electron chi connectivity index (χ2n) is 18.3. The van der Waals surface area contributed by atoms with Crippen molar-refractivity contribution in [2.24, 2.45) is 0 Å². The second kappa shape index (κ2) is 21.9. The molecule has 3 aromatic carbocycles. The van der Waals surface area contributed by atoms with Gasteiger partial charge in [-0.1, -0.05) is 107 Å². The maximum Gasteiger partial charge on any atom is 0.411 e. The van der Waals surface area contributed by atoms with E-state index in [1.807, 2.05) is 75.4 Å². The van der Waals surface area contributed by atoms with Crippen LogP contribution >= 0.6 is 0 Å². The Labute approximate surface area is 349 Å². The topological polar surface area (TPSA) is 121 Å².